The van der Waals surface area contributed by atoms with Gasteiger partial charge in [-0.1, -0.05) is 27.2 Å². The lowest BCUT2D eigenvalue weighted by Crippen LogP contribution is -2.45. The SMILES string of the molecule is CCCC1(c2nc(CC(C)C)nn2C)CCCNC1. The summed E-state index contributed by atoms with van der Waals surface area (Å²) in [6.07, 6.45) is 5.86. The second-order valence-electron chi connectivity index (χ2n) is 6.38. The monoisotopic (exact) mass is 264 g/mol. The Hall–Kier alpha value is -0.900. The summed E-state index contributed by atoms with van der Waals surface area (Å²) in [6, 6.07) is 0. The Balaban J connectivity index is 2.28. The van der Waals surface area contributed by atoms with E-state index in [0.717, 1.165) is 25.3 Å². The van der Waals surface area contributed by atoms with Crippen molar-refractivity contribution in [2.45, 2.75) is 58.3 Å². The molecule has 4 nitrogen and oxygen atoms in total. The molecule has 1 aliphatic heterocycles. The number of nitrogens with zero attached hydrogens (tertiary/aromatic N) is 3. The first-order valence-electron chi connectivity index (χ1n) is 7.68. The van der Waals surface area contributed by atoms with E-state index in [9.17, 15) is 0 Å². The zero-order chi connectivity index (χ0) is 13.9. The molecule has 19 heavy (non-hydrogen) atoms. The normalized spacial score (nSPS) is 24.1. The van der Waals surface area contributed by atoms with Crippen molar-refractivity contribution in [3.8, 4) is 0 Å². The van der Waals surface area contributed by atoms with E-state index in [1.165, 1.54) is 31.5 Å². The molecule has 1 aromatic heterocycles. The lowest BCUT2D eigenvalue weighted by Gasteiger charge is -2.36. The Morgan fingerprint density at radius 2 is 2.21 bits per heavy atom. The van der Waals surface area contributed by atoms with E-state index in [1.54, 1.807) is 0 Å². The smallest absolute Gasteiger partial charge is 0.151 e. The highest BCUT2D eigenvalue weighted by molar-refractivity contribution is 5.12. The molecule has 1 atom stereocenters. The highest BCUT2D eigenvalue weighted by Gasteiger charge is 2.37. The van der Waals surface area contributed by atoms with Crippen LogP contribution in [-0.4, -0.2) is 27.9 Å². The summed E-state index contributed by atoms with van der Waals surface area (Å²) in [6.45, 7) is 8.90. The first-order chi connectivity index (χ1) is 9.07. The largest absolute Gasteiger partial charge is 0.316 e. The molecule has 0 radical (unpaired) electrons. The van der Waals surface area contributed by atoms with Crippen LogP contribution in [0.3, 0.4) is 0 Å². The van der Waals surface area contributed by atoms with E-state index in [2.05, 4.69) is 38.2 Å². The number of hydrogen-bond acceptors (Lipinski definition) is 3. The quantitative estimate of drug-likeness (QED) is 0.888. The van der Waals surface area contributed by atoms with Gasteiger partial charge in [0.1, 0.15) is 5.82 Å². The number of nitrogens with one attached hydrogen (secondary N) is 1. The van der Waals surface area contributed by atoms with Crippen LogP contribution in [0.2, 0.25) is 0 Å². The van der Waals surface area contributed by atoms with E-state index >= 15 is 0 Å². The molecular weight excluding hydrogens is 236 g/mol. The standard InChI is InChI=1S/C15H28N4/c1-5-7-15(8-6-9-16-11-15)14-17-13(10-12(2)3)18-19(14)4/h12,16H,5-11H2,1-4H3. The average molecular weight is 264 g/mol. The molecule has 0 spiro atoms. The third kappa shape index (κ3) is 3.16. The highest BCUT2D eigenvalue weighted by Crippen LogP contribution is 2.34. The summed E-state index contributed by atoms with van der Waals surface area (Å²) >= 11 is 0. The molecule has 1 saturated heterocycles. The Morgan fingerprint density at radius 1 is 1.42 bits per heavy atom. The van der Waals surface area contributed by atoms with Crippen LogP contribution in [0.25, 0.3) is 0 Å². The first kappa shape index (κ1) is 14.5. The van der Waals surface area contributed by atoms with E-state index in [0.29, 0.717) is 5.92 Å². The number of aromatic nitrogens is 3. The summed E-state index contributed by atoms with van der Waals surface area (Å²) in [5.41, 5.74) is 0.198. The van der Waals surface area contributed by atoms with Crippen LogP contribution in [0.5, 0.6) is 0 Å². The van der Waals surface area contributed by atoms with Crippen LogP contribution in [0.1, 0.15) is 58.1 Å². The predicted octanol–water partition coefficient (Wildman–Crippen LogP) is 2.43. The first-order valence-corrected chi connectivity index (χ1v) is 7.68. The van der Waals surface area contributed by atoms with Crippen molar-refractivity contribution >= 4 is 0 Å². The van der Waals surface area contributed by atoms with Gasteiger partial charge >= 0.3 is 0 Å². The molecule has 0 aliphatic carbocycles. The van der Waals surface area contributed by atoms with Gasteiger partial charge in [0, 0.05) is 25.4 Å². The second kappa shape index (κ2) is 6.04. The van der Waals surface area contributed by atoms with Crippen molar-refractivity contribution < 1.29 is 0 Å². The van der Waals surface area contributed by atoms with Crippen molar-refractivity contribution in [3.05, 3.63) is 11.6 Å². The average Bonchev–Trinajstić information content (AvgIpc) is 2.71. The topological polar surface area (TPSA) is 42.7 Å². The van der Waals surface area contributed by atoms with Crippen LogP contribution in [-0.2, 0) is 18.9 Å². The fourth-order valence-corrected chi connectivity index (χ4v) is 3.31. The lowest BCUT2D eigenvalue weighted by molar-refractivity contribution is 0.267. The van der Waals surface area contributed by atoms with Gasteiger partial charge in [-0.3, -0.25) is 4.68 Å². The molecule has 0 amide bonds. The van der Waals surface area contributed by atoms with Crippen molar-refractivity contribution in [1.29, 1.82) is 0 Å². The summed E-state index contributed by atoms with van der Waals surface area (Å²) in [5, 5.41) is 8.19. The minimum absolute atomic E-state index is 0.198. The Bertz CT molecular complexity index is 397. The van der Waals surface area contributed by atoms with Gasteiger partial charge in [0.2, 0.25) is 0 Å². The predicted molar refractivity (Wildman–Crippen MR) is 78.2 cm³/mol. The third-order valence-corrected chi connectivity index (χ3v) is 4.07. The summed E-state index contributed by atoms with van der Waals surface area (Å²) < 4.78 is 2.03. The van der Waals surface area contributed by atoms with Gasteiger partial charge in [0.15, 0.2) is 5.82 Å². The van der Waals surface area contributed by atoms with Gasteiger partial charge in [-0.05, 0) is 31.7 Å². The van der Waals surface area contributed by atoms with E-state index < -0.39 is 0 Å². The van der Waals surface area contributed by atoms with Crippen LogP contribution in [0, 0.1) is 5.92 Å². The molecule has 1 aliphatic rings. The van der Waals surface area contributed by atoms with Gasteiger partial charge in [0.05, 0.1) is 0 Å². The fourth-order valence-electron chi connectivity index (χ4n) is 3.31. The van der Waals surface area contributed by atoms with Gasteiger partial charge in [-0.25, -0.2) is 4.98 Å². The van der Waals surface area contributed by atoms with Crippen LogP contribution < -0.4 is 5.32 Å². The molecule has 0 saturated carbocycles. The Labute approximate surface area is 117 Å². The second-order valence-corrected chi connectivity index (χ2v) is 6.38. The fraction of sp³-hybridized carbons (Fsp3) is 0.867. The van der Waals surface area contributed by atoms with E-state index in [4.69, 9.17) is 4.98 Å². The lowest BCUT2D eigenvalue weighted by atomic mass is 9.76. The van der Waals surface area contributed by atoms with Crippen molar-refractivity contribution in [2.75, 3.05) is 13.1 Å². The van der Waals surface area contributed by atoms with Crippen LogP contribution in [0.4, 0.5) is 0 Å². The highest BCUT2D eigenvalue weighted by atomic mass is 15.3. The molecule has 1 fully saturated rings. The summed E-state index contributed by atoms with van der Waals surface area (Å²) in [4.78, 5) is 4.88. The minimum atomic E-state index is 0.198. The molecule has 1 unspecified atom stereocenters. The van der Waals surface area contributed by atoms with E-state index in [-0.39, 0.29) is 5.41 Å². The van der Waals surface area contributed by atoms with E-state index in [1.807, 2.05) is 4.68 Å². The molecule has 4 heteroatoms. The molecule has 1 aromatic rings. The third-order valence-electron chi connectivity index (χ3n) is 4.07. The van der Waals surface area contributed by atoms with Crippen LogP contribution >= 0.6 is 0 Å². The molecule has 2 heterocycles. The Morgan fingerprint density at radius 3 is 2.79 bits per heavy atom. The van der Waals surface area contributed by atoms with Gasteiger partial charge in [-0.2, -0.15) is 5.10 Å². The van der Waals surface area contributed by atoms with Crippen molar-refractivity contribution in [1.82, 2.24) is 20.1 Å². The molecule has 108 valence electrons. The summed E-state index contributed by atoms with van der Waals surface area (Å²) in [5.74, 6) is 2.81. The maximum Gasteiger partial charge on any atom is 0.151 e. The van der Waals surface area contributed by atoms with Gasteiger partial charge in [0.25, 0.3) is 0 Å². The molecule has 2 rings (SSSR count). The number of rotatable bonds is 5. The molecule has 1 N–H and O–H groups in total. The molecule has 0 bridgehead atoms. The number of aryl methyl sites for hydroxylation is 1. The zero-order valence-electron chi connectivity index (χ0n) is 12.9. The maximum atomic E-state index is 4.88. The van der Waals surface area contributed by atoms with Crippen molar-refractivity contribution in [3.63, 3.8) is 0 Å². The number of hydrogen-bond donors (Lipinski definition) is 1. The molecule has 0 aromatic carbocycles. The maximum absolute atomic E-state index is 4.88. The van der Waals surface area contributed by atoms with Crippen molar-refractivity contribution in [2.24, 2.45) is 13.0 Å². The van der Waals surface area contributed by atoms with Crippen LogP contribution in [0.15, 0.2) is 0 Å². The Kier molecular flexibility index (Phi) is 4.61. The van der Waals surface area contributed by atoms with Gasteiger partial charge < -0.3 is 5.32 Å². The molecular formula is C15H28N4. The number of piperidine rings is 1. The minimum Gasteiger partial charge on any atom is -0.316 e. The zero-order valence-corrected chi connectivity index (χ0v) is 12.9. The van der Waals surface area contributed by atoms with Gasteiger partial charge in [-0.15, -0.1) is 0 Å². The summed E-state index contributed by atoms with van der Waals surface area (Å²) in [7, 11) is 2.05.